The van der Waals surface area contributed by atoms with Crippen molar-refractivity contribution in [2.75, 3.05) is 6.61 Å². The number of rotatable bonds is 5. The lowest BCUT2D eigenvalue weighted by atomic mass is 9.87. The van der Waals surface area contributed by atoms with Crippen molar-refractivity contribution in [3.8, 4) is 0 Å². The second kappa shape index (κ2) is 9.02. The Hall–Kier alpha value is -2.73. The van der Waals surface area contributed by atoms with E-state index < -0.39 is 23.5 Å². The topological polar surface area (TPSA) is 55.8 Å². The SMILES string of the molecule is CCOC(=O)[C@@H](OC(C)(C)C)c1c(C)c(C)c2c(c1C)CN(C(=O)c1cccc(F)c1)C2. The summed E-state index contributed by atoms with van der Waals surface area (Å²) in [4.78, 5) is 27.6. The molecule has 1 aliphatic heterocycles. The van der Waals surface area contributed by atoms with Crippen molar-refractivity contribution in [3.05, 3.63) is 69.0 Å². The number of benzene rings is 2. The molecule has 1 aliphatic rings. The van der Waals surface area contributed by atoms with Gasteiger partial charge in [0.25, 0.3) is 5.91 Å². The number of fused-ring (bicyclic) bond motifs is 1. The van der Waals surface area contributed by atoms with Gasteiger partial charge in [0.1, 0.15) is 5.82 Å². The highest BCUT2D eigenvalue weighted by Gasteiger charge is 2.35. The zero-order valence-corrected chi connectivity index (χ0v) is 20.0. The molecule has 2 aromatic rings. The van der Waals surface area contributed by atoms with Gasteiger partial charge in [-0.25, -0.2) is 9.18 Å². The summed E-state index contributed by atoms with van der Waals surface area (Å²) in [6.45, 7) is 14.6. The molecule has 0 fully saturated rings. The lowest BCUT2D eigenvalue weighted by molar-refractivity contribution is -0.167. The van der Waals surface area contributed by atoms with Crippen LogP contribution in [0.25, 0.3) is 0 Å². The Morgan fingerprint density at radius 2 is 1.69 bits per heavy atom. The van der Waals surface area contributed by atoms with Crippen LogP contribution in [-0.4, -0.2) is 29.0 Å². The maximum atomic E-state index is 13.6. The Morgan fingerprint density at radius 1 is 1.06 bits per heavy atom. The fraction of sp³-hybridized carbons (Fsp3) is 0.462. The van der Waals surface area contributed by atoms with Crippen molar-refractivity contribution in [2.45, 2.75) is 73.3 Å². The normalized spacial score (nSPS) is 14.3. The maximum Gasteiger partial charge on any atom is 0.339 e. The smallest absolute Gasteiger partial charge is 0.339 e. The van der Waals surface area contributed by atoms with Gasteiger partial charge in [-0.05, 0) is 100 Å². The summed E-state index contributed by atoms with van der Waals surface area (Å²) in [6.07, 6.45) is -0.855. The maximum absolute atomic E-state index is 13.6. The van der Waals surface area contributed by atoms with Gasteiger partial charge in [-0.3, -0.25) is 4.79 Å². The molecule has 1 atom stereocenters. The number of carbonyl (C=O) groups is 2. The van der Waals surface area contributed by atoms with Crippen LogP contribution in [-0.2, 0) is 27.4 Å². The predicted octanol–water partition coefficient (Wildman–Crippen LogP) is 5.33. The predicted molar refractivity (Wildman–Crippen MR) is 121 cm³/mol. The van der Waals surface area contributed by atoms with Crippen molar-refractivity contribution in [1.82, 2.24) is 4.90 Å². The van der Waals surface area contributed by atoms with Gasteiger partial charge >= 0.3 is 5.97 Å². The molecule has 0 bridgehead atoms. The van der Waals surface area contributed by atoms with Crippen LogP contribution in [0.2, 0.25) is 0 Å². The molecule has 3 rings (SSSR count). The quantitative estimate of drug-likeness (QED) is 0.589. The summed E-state index contributed by atoms with van der Waals surface area (Å²) in [5.74, 6) is -1.07. The molecule has 0 spiro atoms. The fourth-order valence-electron chi connectivity index (χ4n) is 4.33. The minimum Gasteiger partial charge on any atom is -0.464 e. The van der Waals surface area contributed by atoms with Crippen molar-refractivity contribution >= 4 is 11.9 Å². The van der Waals surface area contributed by atoms with Gasteiger partial charge in [0.2, 0.25) is 0 Å². The first-order chi connectivity index (χ1) is 14.9. The minimum atomic E-state index is -0.855. The Kier molecular flexibility index (Phi) is 6.75. The Morgan fingerprint density at radius 3 is 2.25 bits per heavy atom. The van der Waals surface area contributed by atoms with Crippen molar-refractivity contribution in [2.24, 2.45) is 0 Å². The van der Waals surface area contributed by atoms with E-state index in [0.717, 1.165) is 33.4 Å². The second-order valence-corrected chi connectivity index (χ2v) is 9.28. The van der Waals surface area contributed by atoms with E-state index in [-0.39, 0.29) is 12.5 Å². The molecule has 0 saturated heterocycles. The van der Waals surface area contributed by atoms with Crippen molar-refractivity contribution < 1.29 is 23.5 Å². The van der Waals surface area contributed by atoms with Crippen LogP contribution in [0.5, 0.6) is 0 Å². The number of hydrogen-bond acceptors (Lipinski definition) is 4. The number of halogens is 1. The highest BCUT2D eigenvalue weighted by molar-refractivity contribution is 5.94. The number of carbonyl (C=O) groups excluding carboxylic acids is 2. The molecular formula is C26H32FNO4. The zero-order chi connectivity index (χ0) is 23.8. The molecule has 32 heavy (non-hydrogen) atoms. The second-order valence-electron chi connectivity index (χ2n) is 9.28. The van der Waals surface area contributed by atoms with Gasteiger partial charge in [-0.1, -0.05) is 6.07 Å². The van der Waals surface area contributed by atoms with Crippen LogP contribution in [0.3, 0.4) is 0 Å². The van der Waals surface area contributed by atoms with Gasteiger partial charge in [0.15, 0.2) is 6.10 Å². The number of hydrogen-bond donors (Lipinski definition) is 0. The Balaban J connectivity index is 2.04. The minimum absolute atomic E-state index is 0.216. The molecule has 172 valence electrons. The van der Waals surface area contributed by atoms with E-state index in [0.29, 0.717) is 18.7 Å². The molecule has 0 aliphatic carbocycles. The van der Waals surface area contributed by atoms with E-state index in [1.54, 1.807) is 17.9 Å². The van der Waals surface area contributed by atoms with Gasteiger partial charge in [-0.15, -0.1) is 0 Å². The van der Waals surface area contributed by atoms with E-state index in [2.05, 4.69) is 0 Å². The van der Waals surface area contributed by atoms with E-state index in [1.165, 1.54) is 18.2 Å². The third-order valence-electron chi connectivity index (χ3n) is 5.93. The molecule has 1 amide bonds. The summed E-state index contributed by atoms with van der Waals surface area (Å²) in [7, 11) is 0. The molecule has 0 N–H and O–H groups in total. The first-order valence-electron chi connectivity index (χ1n) is 10.9. The largest absolute Gasteiger partial charge is 0.464 e. The average Bonchev–Trinajstić information content (AvgIpc) is 3.16. The van der Waals surface area contributed by atoms with Crippen LogP contribution < -0.4 is 0 Å². The number of amides is 1. The fourth-order valence-corrected chi connectivity index (χ4v) is 4.33. The third-order valence-corrected chi connectivity index (χ3v) is 5.93. The molecule has 0 unspecified atom stereocenters. The number of ether oxygens (including phenoxy) is 2. The number of nitrogens with zero attached hydrogens (tertiary/aromatic N) is 1. The summed E-state index contributed by atoms with van der Waals surface area (Å²) in [6, 6.07) is 5.75. The average molecular weight is 442 g/mol. The monoisotopic (exact) mass is 441 g/mol. The van der Waals surface area contributed by atoms with Gasteiger partial charge in [-0.2, -0.15) is 0 Å². The van der Waals surface area contributed by atoms with Gasteiger partial charge in [0, 0.05) is 18.7 Å². The Labute approximate surface area is 189 Å². The number of esters is 1. The third kappa shape index (κ3) is 4.70. The summed E-state index contributed by atoms with van der Waals surface area (Å²) in [5, 5.41) is 0. The summed E-state index contributed by atoms with van der Waals surface area (Å²) >= 11 is 0. The van der Waals surface area contributed by atoms with Crippen molar-refractivity contribution in [3.63, 3.8) is 0 Å². The Bertz CT molecular complexity index is 1050. The zero-order valence-electron chi connectivity index (χ0n) is 20.0. The lowest BCUT2D eigenvalue weighted by Gasteiger charge is -2.30. The van der Waals surface area contributed by atoms with E-state index >= 15 is 0 Å². The molecule has 0 aromatic heterocycles. The highest BCUT2D eigenvalue weighted by atomic mass is 19.1. The highest BCUT2D eigenvalue weighted by Crippen LogP contribution is 2.39. The van der Waals surface area contributed by atoms with E-state index in [4.69, 9.17) is 9.47 Å². The summed E-state index contributed by atoms with van der Waals surface area (Å²) in [5.41, 5.74) is 5.58. The molecule has 1 heterocycles. The van der Waals surface area contributed by atoms with Crippen LogP contribution in [0.15, 0.2) is 24.3 Å². The molecule has 2 aromatic carbocycles. The van der Waals surface area contributed by atoms with Crippen LogP contribution in [0.4, 0.5) is 4.39 Å². The van der Waals surface area contributed by atoms with Gasteiger partial charge < -0.3 is 14.4 Å². The van der Waals surface area contributed by atoms with Crippen LogP contribution in [0.1, 0.15) is 77.5 Å². The standard InChI is InChI=1S/C26H32FNO4/c1-8-31-25(30)23(32-26(5,6)7)22-16(3)15(2)20-13-28(14-21(20)17(22)4)24(29)18-10-9-11-19(27)12-18/h9-12,23H,8,13-14H2,1-7H3/t23-/m0/s1. The molecule has 0 radical (unpaired) electrons. The van der Waals surface area contributed by atoms with Crippen molar-refractivity contribution in [1.29, 1.82) is 0 Å². The summed E-state index contributed by atoms with van der Waals surface area (Å²) < 4.78 is 25.2. The first-order valence-corrected chi connectivity index (χ1v) is 10.9. The first kappa shape index (κ1) is 23.9. The molecule has 5 nitrogen and oxygen atoms in total. The molecule has 0 saturated carbocycles. The van der Waals surface area contributed by atoms with Gasteiger partial charge in [0.05, 0.1) is 12.2 Å². The van der Waals surface area contributed by atoms with Crippen LogP contribution >= 0.6 is 0 Å². The van der Waals surface area contributed by atoms with Crippen LogP contribution in [0, 0.1) is 26.6 Å². The molecular weight excluding hydrogens is 409 g/mol. The molecule has 6 heteroatoms. The lowest BCUT2D eigenvalue weighted by Crippen LogP contribution is -2.30. The van der Waals surface area contributed by atoms with E-state index in [9.17, 15) is 14.0 Å². The van der Waals surface area contributed by atoms with E-state index in [1.807, 2.05) is 41.5 Å².